The first-order valence-corrected chi connectivity index (χ1v) is 6.95. The number of rotatable bonds is 6. The van der Waals surface area contributed by atoms with E-state index in [-0.39, 0.29) is 5.91 Å². The Bertz CT molecular complexity index is 405. The zero-order valence-electron chi connectivity index (χ0n) is 10.8. The van der Waals surface area contributed by atoms with Crippen LogP contribution in [0.1, 0.15) is 32.3 Å². The van der Waals surface area contributed by atoms with Gasteiger partial charge in [0.2, 0.25) is 5.91 Å². The SMILES string of the molecule is CC(C)CCC(=O)NCCc1ccc(Cl)cc1Cl. The Balaban J connectivity index is 2.31. The monoisotopic (exact) mass is 287 g/mol. The largest absolute Gasteiger partial charge is 0.356 e. The fourth-order valence-corrected chi connectivity index (χ4v) is 2.07. The molecule has 0 saturated carbocycles. The van der Waals surface area contributed by atoms with Crippen molar-refractivity contribution in [3.05, 3.63) is 33.8 Å². The average molecular weight is 288 g/mol. The second kappa shape index (κ2) is 7.65. The van der Waals surface area contributed by atoms with E-state index in [1.807, 2.05) is 12.1 Å². The van der Waals surface area contributed by atoms with Gasteiger partial charge in [-0.25, -0.2) is 0 Å². The number of carbonyl (C=O) groups excluding carboxylic acids is 1. The third-order valence-electron chi connectivity index (χ3n) is 2.68. The Morgan fingerprint density at radius 2 is 2.06 bits per heavy atom. The Morgan fingerprint density at radius 3 is 2.67 bits per heavy atom. The first kappa shape index (κ1) is 15.3. The molecule has 1 N–H and O–H groups in total. The lowest BCUT2D eigenvalue weighted by Gasteiger charge is -2.08. The molecule has 0 aliphatic rings. The van der Waals surface area contributed by atoms with E-state index in [1.54, 1.807) is 6.07 Å². The van der Waals surface area contributed by atoms with Gasteiger partial charge < -0.3 is 5.32 Å². The van der Waals surface area contributed by atoms with E-state index in [2.05, 4.69) is 19.2 Å². The van der Waals surface area contributed by atoms with E-state index in [0.29, 0.717) is 28.9 Å². The molecule has 1 amide bonds. The van der Waals surface area contributed by atoms with Crippen molar-refractivity contribution in [3.63, 3.8) is 0 Å². The molecule has 0 saturated heterocycles. The highest BCUT2D eigenvalue weighted by molar-refractivity contribution is 6.35. The maximum absolute atomic E-state index is 11.5. The van der Waals surface area contributed by atoms with Crippen molar-refractivity contribution >= 4 is 29.1 Å². The second-order valence-corrected chi connectivity index (χ2v) is 5.61. The summed E-state index contributed by atoms with van der Waals surface area (Å²) >= 11 is 11.9. The second-order valence-electron chi connectivity index (χ2n) is 4.77. The van der Waals surface area contributed by atoms with Crippen molar-refractivity contribution in [1.82, 2.24) is 5.32 Å². The molecule has 1 aromatic carbocycles. The Kier molecular flexibility index (Phi) is 6.51. The molecule has 0 unspecified atom stereocenters. The minimum Gasteiger partial charge on any atom is -0.356 e. The van der Waals surface area contributed by atoms with E-state index >= 15 is 0 Å². The van der Waals surface area contributed by atoms with Crippen LogP contribution < -0.4 is 5.32 Å². The summed E-state index contributed by atoms with van der Waals surface area (Å²) in [5.74, 6) is 0.662. The summed E-state index contributed by atoms with van der Waals surface area (Å²) in [5.41, 5.74) is 1.00. The van der Waals surface area contributed by atoms with Gasteiger partial charge in [-0.2, -0.15) is 0 Å². The van der Waals surface area contributed by atoms with Gasteiger partial charge in [-0.1, -0.05) is 43.1 Å². The Morgan fingerprint density at radius 1 is 1.33 bits per heavy atom. The Labute approximate surface area is 119 Å². The van der Waals surface area contributed by atoms with Crippen molar-refractivity contribution in [3.8, 4) is 0 Å². The van der Waals surface area contributed by atoms with Crippen LogP contribution in [-0.4, -0.2) is 12.5 Å². The van der Waals surface area contributed by atoms with Gasteiger partial charge in [0.1, 0.15) is 0 Å². The van der Waals surface area contributed by atoms with Crippen LogP contribution in [0.5, 0.6) is 0 Å². The minimum atomic E-state index is 0.105. The maximum Gasteiger partial charge on any atom is 0.220 e. The summed E-state index contributed by atoms with van der Waals surface area (Å²) in [4.78, 5) is 11.5. The Hall–Kier alpha value is -0.730. The molecule has 100 valence electrons. The predicted molar refractivity (Wildman–Crippen MR) is 77.2 cm³/mol. The lowest BCUT2D eigenvalue weighted by atomic mass is 10.1. The van der Waals surface area contributed by atoms with E-state index in [0.717, 1.165) is 18.4 Å². The van der Waals surface area contributed by atoms with Crippen LogP contribution >= 0.6 is 23.2 Å². The van der Waals surface area contributed by atoms with E-state index in [9.17, 15) is 4.79 Å². The molecule has 0 radical (unpaired) electrons. The number of carbonyl (C=O) groups is 1. The van der Waals surface area contributed by atoms with Gasteiger partial charge in [-0.15, -0.1) is 0 Å². The first-order chi connectivity index (χ1) is 8.49. The van der Waals surface area contributed by atoms with Crippen molar-refractivity contribution in [1.29, 1.82) is 0 Å². The topological polar surface area (TPSA) is 29.1 Å². The third-order valence-corrected chi connectivity index (χ3v) is 3.27. The van der Waals surface area contributed by atoms with Crippen molar-refractivity contribution in [2.45, 2.75) is 33.1 Å². The van der Waals surface area contributed by atoms with Gasteiger partial charge >= 0.3 is 0 Å². The molecule has 0 atom stereocenters. The minimum absolute atomic E-state index is 0.105. The molecular weight excluding hydrogens is 269 g/mol. The highest BCUT2D eigenvalue weighted by Crippen LogP contribution is 2.21. The van der Waals surface area contributed by atoms with Gasteiger partial charge in [0.05, 0.1) is 0 Å². The number of amides is 1. The van der Waals surface area contributed by atoms with E-state index in [1.165, 1.54) is 0 Å². The number of nitrogens with one attached hydrogen (secondary N) is 1. The van der Waals surface area contributed by atoms with Gasteiger partial charge in [-0.05, 0) is 36.5 Å². The molecule has 1 rings (SSSR count). The van der Waals surface area contributed by atoms with Gasteiger partial charge in [-0.3, -0.25) is 4.79 Å². The molecule has 1 aromatic rings. The van der Waals surface area contributed by atoms with Crippen molar-refractivity contribution in [2.75, 3.05) is 6.54 Å². The molecule has 18 heavy (non-hydrogen) atoms. The maximum atomic E-state index is 11.5. The van der Waals surface area contributed by atoms with Crippen LogP contribution in [0.3, 0.4) is 0 Å². The zero-order valence-corrected chi connectivity index (χ0v) is 12.3. The number of halogens is 2. The van der Waals surface area contributed by atoms with Gasteiger partial charge in [0.25, 0.3) is 0 Å². The predicted octanol–water partition coefficient (Wildman–Crippen LogP) is 4.09. The summed E-state index contributed by atoms with van der Waals surface area (Å²) in [6, 6.07) is 5.42. The smallest absolute Gasteiger partial charge is 0.220 e. The number of hydrogen-bond donors (Lipinski definition) is 1. The van der Waals surface area contributed by atoms with Crippen LogP contribution in [-0.2, 0) is 11.2 Å². The van der Waals surface area contributed by atoms with Crippen LogP contribution in [0.2, 0.25) is 10.0 Å². The van der Waals surface area contributed by atoms with Crippen LogP contribution in [0.25, 0.3) is 0 Å². The quantitative estimate of drug-likeness (QED) is 0.839. The summed E-state index contributed by atoms with van der Waals surface area (Å²) in [6.07, 6.45) is 2.24. The normalized spacial score (nSPS) is 10.7. The summed E-state index contributed by atoms with van der Waals surface area (Å²) in [7, 11) is 0. The number of benzene rings is 1. The average Bonchev–Trinajstić information content (AvgIpc) is 2.29. The van der Waals surface area contributed by atoms with E-state index in [4.69, 9.17) is 23.2 Å². The van der Waals surface area contributed by atoms with Crippen LogP contribution in [0.4, 0.5) is 0 Å². The first-order valence-electron chi connectivity index (χ1n) is 6.19. The molecule has 0 aliphatic carbocycles. The van der Waals surface area contributed by atoms with Crippen molar-refractivity contribution in [2.24, 2.45) is 5.92 Å². The highest BCUT2D eigenvalue weighted by Gasteiger charge is 2.04. The summed E-state index contributed by atoms with van der Waals surface area (Å²) < 4.78 is 0. The lowest BCUT2D eigenvalue weighted by molar-refractivity contribution is -0.121. The molecule has 2 nitrogen and oxygen atoms in total. The van der Waals surface area contributed by atoms with Crippen LogP contribution in [0, 0.1) is 5.92 Å². The summed E-state index contributed by atoms with van der Waals surface area (Å²) in [5, 5.41) is 4.18. The standard InChI is InChI=1S/C14H19Cl2NO/c1-10(2)3-6-14(18)17-8-7-11-4-5-12(15)9-13(11)16/h4-5,9-10H,3,6-8H2,1-2H3,(H,17,18). The van der Waals surface area contributed by atoms with Crippen LogP contribution in [0.15, 0.2) is 18.2 Å². The fourth-order valence-electron chi connectivity index (χ4n) is 1.57. The number of hydrogen-bond acceptors (Lipinski definition) is 1. The molecule has 0 heterocycles. The zero-order chi connectivity index (χ0) is 13.5. The van der Waals surface area contributed by atoms with Gasteiger partial charge in [0, 0.05) is 23.0 Å². The molecule has 0 spiro atoms. The molecule has 4 heteroatoms. The van der Waals surface area contributed by atoms with Gasteiger partial charge in [0.15, 0.2) is 0 Å². The fraction of sp³-hybridized carbons (Fsp3) is 0.500. The molecule has 0 bridgehead atoms. The van der Waals surface area contributed by atoms with Crippen molar-refractivity contribution < 1.29 is 4.79 Å². The lowest BCUT2D eigenvalue weighted by Crippen LogP contribution is -2.25. The third kappa shape index (κ3) is 5.74. The molecular formula is C14H19Cl2NO. The van der Waals surface area contributed by atoms with E-state index < -0.39 is 0 Å². The molecule has 0 aromatic heterocycles. The molecule has 0 fully saturated rings. The molecule has 0 aliphatic heterocycles. The highest BCUT2D eigenvalue weighted by atomic mass is 35.5. The summed E-state index contributed by atoms with van der Waals surface area (Å²) in [6.45, 7) is 4.83.